The Labute approximate surface area is 201 Å². The monoisotopic (exact) mass is 468 g/mol. The molecule has 2 aliphatic rings. The molecule has 0 spiro atoms. The zero-order chi connectivity index (χ0) is 24.1. The van der Waals surface area contributed by atoms with Gasteiger partial charge in [-0.05, 0) is 24.5 Å². The molecule has 0 bridgehead atoms. The van der Waals surface area contributed by atoms with E-state index >= 15 is 0 Å². The molecule has 4 rings (SSSR count). The molecule has 9 nitrogen and oxygen atoms in total. The highest BCUT2D eigenvalue weighted by Gasteiger charge is 2.41. The first-order valence-corrected chi connectivity index (χ1v) is 12.4. The van der Waals surface area contributed by atoms with Crippen molar-refractivity contribution in [1.29, 1.82) is 0 Å². The Hall–Kier alpha value is -2.94. The van der Waals surface area contributed by atoms with E-state index in [1.807, 2.05) is 11.0 Å². The molecule has 2 aliphatic heterocycles. The van der Waals surface area contributed by atoms with Crippen molar-refractivity contribution in [2.24, 2.45) is 5.92 Å². The largest absolute Gasteiger partial charge is 0.464 e. The van der Waals surface area contributed by atoms with E-state index in [-0.39, 0.29) is 23.7 Å². The molecule has 3 heterocycles. The average molecular weight is 469 g/mol. The third-order valence-electron chi connectivity index (χ3n) is 7.31. The van der Waals surface area contributed by atoms with E-state index in [2.05, 4.69) is 58.2 Å². The minimum atomic E-state index is -0.498. The predicted molar refractivity (Wildman–Crippen MR) is 130 cm³/mol. The van der Waals surface area contributed by atoms with Crippen LogP contribution >= 0.6 is 0 Å². The van der Waals surface area contributed by atoms with Crippen molar-refractivity contribution >= 4 is 17.6 Å². The van der Waals surface area contributed by atoms with Crippen LogP contribution in [0.5, 0.6) is 0 Å². The number of likely N-dealkylation sites (tertiary alicyclic amines) is 1. The van der Waals surface area contributed by atoms with Gasteiger partial charge in [-0.15, -0.1) is 5.10 Å². The standard InChI is InChI=1S/C25H36N6O3/c1-4-19(5-2)16-30-17-21(31-18-22(26-27-31)25(33)34-3)15-23(30)24(32)29-13-11-28(12-14-29)20-9-7-6-8-10-20/h6-10,18-19,21,23H,4-5,11-17H2,1-3H3/t21-,23+/m1/s1. The lowest BCUT2D eigenvalue weighted by molar-refractivity contribution is -0.136. The second kappa shape index (κ2) is 11.0. The SMILES string of the molecule is CCC(CC)CN1C[C@H](n2cc(C(=O)OC)nn2)C[C@H]1C(=O)N1CCN(c2ccccc2)CC1. The molecule has 184 valence electrons. The first-order valence-electron chi connectivity index (χ1n) is 12.4. The molecule has 0 N–H and O–H groups in total. The van der Waals surface area contributed by atoms with E-state index in [4.69, 9.17) is 4.74 Å². The summed E-state index contributed by atoms with van der Waals surface area (Å²) >= 11 is 0. The molecule has 9 heteroatoms. The second-order valence-corrected chi connectivity index (χ2v) is 9.27. The lowest BCUT2D eigenvalue weighted by atomic mass is 10.0. The van der Waals surface area contributed by atoms with Gasteiger partial charge in [-0.25, -0.2) is 9.48 Å². The summed E-state index contributed by atoms with van der Waals surface area (Å²) in [7, 11) is 1.33. The Balaban J connectivity index is 1.45. The van der Waals surface area contributed by atoms with E-state index < -0.39 is 5.97 Å². The van der Waals surface area contributed by atoms with Gasteiger partial charge in [-0.3, -0.25) is 9.69 Å². The van der Waals surface area contributed by atoms with Crippen LogP contribution in [0.2, 0.25) is 0 Å². The molecule has 2 saturated heterocycles. The Kier molecular flexibility index (Phi) is 7.82. The predicted octanol–water partition coefficient (Wildman–Crippen LogP) is 2.47. The molecule has 0 unspecified atom stereocenters. The Bertz CT molecular complexity index is 953. The van der Waals surface area contributed by atoms with Gasteiger partial charge in [0.05, 0.1) is 25.4 Å². The first kappa shape index (κ1) is 24.2. The Morgan fingerprint density at radius 3 is 2.44 bits per heavy atom. The summed E-state index contributed by atoms with van der Waals surface area (Å²) in [5.74, 6) is 0.252. The smallest absolute Gasteiger partial charge is 0.360 e. The van der Waals surface area contributed by atoms with Crippen LogP contribution < -0.4 is 4.90 Å². The van der Waals surface area contributed by atoms with Crippen molar-refractivity contribution < 1.29 is 14.3 Å². The van der Waals surface area contributed by atoms with Crippen molar-refractivity contribution in [3.63, 3.8) is 0 Å². The molecule has 1 aromatic heterocycles. The third-order valence-corrected chi connectivity index (χ3v) is 7.31. The number of aromatic nitrogens is 3. The maximum atomic E-state index is 13.7. The summed E-state index contributed by atoms with van der Waals surface area (Å²) in [5, 5.41) is 8.14. The number of amides is 1. The van der Waals surface area contributed by atoms with Gasteiger partial charge in [-0.2, -0.15) is 0 Å². The van der Waals surface area contributed by atoms with Gasteiger partial charge in [0.1, 0.15) is 0 Å². The van der Waals surface area contributed by atoms with Gasteiger partial charge in [0.25, 0.3) is 0 Å². The van der Waals surface area contributed by atoms with E-state index in [0.717, 1.165) is 52.1 Å². The number of anilines is 1. The first-order chi connectivity index (χ1) is 16.5. The zero-order valence-corrected chi connectivity index (χ0v) is 20.5. The van der Waals surface area contributed by atoms with Crippen LogP contribution in [0.3, 0.4) is 0 Å². The van der Waals surface area contributed by atoms with Crippen LogP contribution in [0.25, 0.3) is 0 Å². The highest BCUT2D eigenvalue weighted by Crippen LogP contribution is 2.30. The van der Waals surface area contributed by atoms with E-state index in [9.17, 15) is 9.59 Å². The number of rotatable bonds is 8. The van der Waals surface area contributed by atoms with Crippen LogP contribution in [0.1, 0.15) is 49.6 Å². The molecular weight excluding hydrogens is 432 g/mol. The molecule has 2 fully saturated rings. The number of ether oxygens (including phenoxy) is 1. The summed E-state index contributed by atoms with van der Waals surface area (Å²) in [4.78, 5) is 32.2. The van der Waals surface area contributed by atoms with Crippen molar-refractivity contribution in [2.75, 3.05) is 51.3 Å². The van der Waals surface area contributed by atoms with Crippen LogP contribution in [0, 0.1) is 5.92 Å². The average Bonchev–Trinajstić information content (AvgIpc) is 3.54. The number of para-hydroxylation sites is 1. The van der Waals surface area contributed by atoms with Crippen molar-refractivity contribution in [1.82, 2.24) is 24.8 Å². The Morgan fingerprint density at radius 1 is 1.09 bits per heavy atom. The van der Waals surface area contributed by atoms with Gasteiger partial charge >= 0.3 is 5.97 Å². The number of benzene rings is 1. The molecule has 2 aromatic rings. The van der Waals surface area contributed by atoms with Gasteiger partial charge in [-0.1, -0.05) is 50.1 Å². The number of carbonyl (C=O) groups excluding carboxylic acids is 2. The van der Waals surface area contributed by atoms with E-state index in [1.165, 1.54) is 12.8 Å². The fourth-order valence-electron chi connectivity index (χ4n) is 5.10. The molecule has 0 radical (unpaired) electrons. The van der Waals surface area contributed by atoms with Crippen LogP contribution in [-0.2, 0) is 9.53 Å². The van der Waals surface area contributed by atoms with Crippen LogP contribution in [0.4, 0.5) is 5.69 Å². The summed E-state index contributed by atoms with van der Waals surface area (Å²) in [6, 6.07) is 10.2. The number of hydrogen-bond donors (Lipinski definition) is 0. The molecular formula is C25H36N6O3. The van der Waals surface area contributed by atoms with Crippen LogP contribution in [0.15, 0.2) is 36.5 Å². The number of piperazine rings is 1. The quantitative estimate of drug-likeness (QED) is 0.550. The minimum Gasteiger partial charge on any atom is -0.464 e. The van der Waals surface area contributed by atoms with E-state index in [1.54, 1.807) is 10.9 Å². The second-order valence-electron chi connectivity index (χ2n) is 9.27. The molecule has 0 saturated carbocycles. The molecule has 2 atom stereocenters. The third kappa shape index (κ3) is 5.24. The van der Waals surface area contributed by atoms with Crippen molar-refractivity contribution in [3.05, 3.63) is 42.2 Å². The summed E-state index contributed by atoms with van der Waals surface area (Å²) in [5.41, 5.74) is 1.40. The van der Waals surface area contributed by atoms with E-state index in [0.29, 0.717) is 12.3 Å². The van der Waals surface area contributed by atoms with Gasteiger partial charge < -0.3 is 14.5 Å². The number of nitrogens with zero attached hydrogens (tertiary/aromatic N) is 6. The molecule has 34 heavy (non-hydrogen) atoms. The minimum absolute atomic E-state index is 0.000161. The highest BCUT2D eigenvalue weighted by molar-refractivity contribution is 5.86. The summed E-state index contributed by atoms with van der Waals surface area (Å²) in [6.45, 7) is 9.16. The maximum absolute atomic E-state index is 13.7. The van der Waals surface area contributed by atoms with Gasteiger partial charge in [0.2, 0.25) is 5.91 Å². The van der Waals surface area contributed by atoms with Crippen LogP contribution in [-0.4, -0.2) is 89.1 Å². The maximum Gasteiger partial charge on any atom is 0.360 e. The molecule has 1 amide bonds. The number of methoxy groups -OCH3 is 1. The normalized spacial score (nSPS) is 21.3. The topological polar surface area (TPSA) is 83.8 Å². The zero-order valence-electron chi connectivity index (χ0n) is 20.5. The van der Waals surface area contributed by atoms with Gasteiger partial charge in [0.15, 0.2) is 5.69 Å². The number of esters is 1. The number of hydrogen-bond acceptors (Lipinski definition) is 7. The van der Waals surface area contributed by atoms with Crippen molar-refractivity contribution in [3.8, 4) is 0 Å². The summed E-state index contributed by atoms with van der Waals surface area (Å²) in [6.07, 6.45) is 4.48. The molecule has 0 aliphatic carbocycles. The fourth-order valence-corrected chi connectivity index (χ4v) is 5.10. The number of carbonyl (C=O) groups is 2. The summed E-state index contributed by atoms with van der Waals surface area (Å²) < 4.78 is 6.49. The molecule has 1 aromatic carbocycles. The highest BCUT2D eigenvalue weighted by atomic mass is 16.5. The lowest BCUT2D eigenvalue weighted by Gasteiger charge is -2.38. The van der Waals surface area contributed by atoms with Crippen molar-refractivity contribution in [2.45, 2.75) is 45.2 Å². The fraction of sp³-hybridized carbons (Fsp3) is 0.600. The Morgan fingerprint density at radius 2 is 1.79 bits per heavy atom. The lowest BCUT2D eigenvalue weighted by Crippen LogP contribution is -2.54. The van der Waals surface area contributed by atoms with Gasteiger partial charge in [0, 0.05) is 45.0 Å².